The molecular formula is C37H45F2N7O7. The summed E-state index contributed by atoms with van der Waals surface area (Å²) in [6, 6.07) is 10.7. The molecule has 0 aliphatic rings. The van der Waals surface area contributed by atoms with E-state index in [4.69, 9.17) is 15.2 Å². The van der Waals surface area contributed by atoms with Gasteiger partial charge in [-0.25, -0.2) is 32.4 Å². The summed E-state index contributed by atoms with van der Waals surface area (Å²) in [6.45, 7) is 10.7. The van der Waals surface area contributed by atoms with E-state index in [1.165, 1.54) is 22.8 Å². The Hall–Kier alpha value is -5.48. The van der Waals surface area contributed by atoms with Crippen molar-refractivity contribution in [3.05, 3.63) is 88.8 Å². The summed E-state index contributed by atoms with van der Waals surface area (Å²) in [5, 5.41) is 31.1. The Morgan fingerprint density at radius 2 is 1.34 bits per heavy atom. The molecule has 0 bridgehead atoms. The van der Waals surface area contributed by atoms with Crippen LogP contribution in [0.3, 0.4) is 0 Å². The van der Waals surface area contributed by atoms with Gasteiger partial charge in [-0.3, -0.25) is 4.79 Å². The van der Waals surface area contributed by atoms with Crippen LogP contribution in [0.5, 0.6) is 0 Å². The number of hydrogen-bond donors (Lipinski definition) is 4. The van der Waals surface area contributed by atoms with E-state index in [2.05, 4.69) is 20.5 Å². The van der Waals surface area contributed by atoms with Crippen LogP contribution < -0.4 is 11.1 Å². The number of aliphatic hydroxyl groups is 2. The number of esters is 2. The highest BCUT2D eigenvalue weighted by atomic mass is 19.3. The maximum Gasteiger partial charge on any atom is 0.341 e. The van der Waals surface area contributed by atoms with Crippen molar-refractivity contribution in [3.63, 3.8) is 0 Å². The molecule has 14 nitrogen and oxygen atoms in total. The van der Waals surface area contributed by atoms with Crippen LogP contribution in [0.25, 0.3) is 11.0 Å². The lowest BCUT2D eigenvalue weighted by molar-refractivity contribution is 0.0517. The van der Waals surface area contributed by atoms with Gasteiger partial charge in [0.05, 0.1) is 52.5 Å². The maximum absolute atomic E-state index is 12.9. The Kier molecular flexibility index (Phi) is 12.8. The minimum Gasteiger partial charge on any atom is -0.462 e. The fourth-order valence-corrected chi connectivity index (χ4v) is 5.05. The highest BCUT2D eigenvalue weighted by Gasteiger charge is 2.21. The number of nitrogens with zero attached hydrogens (tertiary/aromatic N) is 5. The van der Waals surface area contributed by atoms with Crippen LogP contribution in [0, 0.1) is 0 Å². The average Bonchev–Trinajstić information content (AvgIpc) is 3.68. The number of pyridine rings is 3. The number of rotatable bonds is 13. The molecule has 0 unspecified atom stereocenters. The summed E-state index contributed by atoms with van der Waals surface area (Å²) in [4.78, 5) is 40.6. The second-order valence-electron chi connectivity index (χ2n) is 13.5. The predicted molar refractivity (Wildman–Crippen MR) is 193 cm³/mol. The lowest BCUT2D eigenvalue weighted by Gasteiger charge is -2.15. The highest BCUT2D eigenvalue weighted by molar-refractivity contribution is 6.07. The molecule has 0 aliphatic heterocycles. The number of halogens is 2. The van der Waals surface area contributed by atoms with Gasteiger partial charge in [-0.1, -0.05) is 6.07 Å². The smallest absolute Gasteiger partial charge is 0.341 e. The lowest BCUT2D eigenvalue weighted by Crippen LogP contribution is -2.19. The molecule has 0 fully saturated rings. The minimum absolute atomic E-state index is 0.0508. The van der Waals surface area contributed by atoms with Crippen LogP contribution in [-0.4, -0.2) is 76.7 Å². The molecule has 0 aliphatic carbocycles. The van der Waals surface area contributed by atoms with Crippen molar-refractivity contribution < 1.29 is 42.9 Å². The molecule has 0 aromatic carbocycles. The summed E-state index contributed by atoms with van der Waals surface area (Å²) in [5.74, 6) is -1.87. The SMILES string of the molecule is CCOC(=O)c1cn2nc(CCC(C)(C)O)cc2cc1N.CCOC(=O)c1cn2nc(CCC(C)(C)O)cc2cc1NC(=O)c1cccc(C(F)F)n1. The van der Waals surface area contributed by atoms with Gasteiger partial charge in [-0.15, -0.1) is 0 Å². The molecule has 1 amide bonds. The molecular weight excluding hydrogens is 692 g/mol. The number of carbonyl (C=O) groups excluding carboxylic acids is 3. The molecule has 0 saturated heterocycles. The van der Waals surface area contributed by atoms with Crippen LogP contribution >= 0.6 is 0 Å². The first-order valence-corrected chi connectivity index (χ1v) is 17.0. The number of hydrogen-bond acceptors (Lipinski definition) is 11. The molecule has 0 radical (unpaired) electrons. The Bertz CT molecular complexity index is 2080. The first kappa shape index (κ1) is 40.3. The summed E-state index contributed by atoms with van der Waals surface area (Å²) < 4.78 is 39.0. The van der Waals surface area contributed by atoms with Crippen LogP contribution in [0.15, 0.2) is 54.9 Å². The predicted octanol–water partition coefficient (Wildman–Crippen LogP) is 5.60. The Labute approximate surface area is 304 Å². The largest absolute Gasteiger partial charge is 0.462 e. The molecule has 0 atom stereocenters. The Morgan fingerprint density at radius 3 is 1.85 bits per heavy atom. The number of aryl methyl sites for hydroxylation is 2. The summed E-state index contributed by atoms with van der Waals surface area (Å²) in [6.07, 6.45) is 2.44. The first-order chi connectivity index (χ1) is 24.9. The molecule has 5 heterocycles. The molecule has 5 aromatic rings. The number of anilines is 2. The van der Waals surface area contributed by atoms with Gasteiger partial charge < -0.3 is 30.7 Å². The topological polar surface area (TPSA) is 196 Å². The molecule has 5 rings (SSSR count). The van der Waals surface area contributed by atoms with Crippen molar-refractivity contribution in [1.82, 2.24) is 24.2 Å². The van der Waals surface area contributed by atoms with E-state index < -0.39 is 41.2 Å². The van der Waals surface area contributed by atoms with E-state index in [-0.39, 0.29) is 23.6 Å². The van der Waals surface area contributed by atoms with E-state index >= 15 is 0 Å². The second kappa shape index (κ2) is 16.9. The van der Waals surface area contributed by atoms with E-state index in [1.54, 1.807) is 70.5 Å². The van der Waals surface area contributed by atoms with Crippen molar-refractivity contribution in [2.75, 3.05) is 24.3 Å². The summed E-state index contributed by atoms with van der Waals surface area (Å²) in [5.41, 5.74) is 7.37. The third kappa shape index (κ3) is 11.3. The molecule has 5 aromatic heterocycles. The van der Waals surface area contributed by atoms with Gasteiger partial charge in [0.15, 0.2) is 0 Å². The third-order valence-electron chi connectivity index (χ3n) is 7.78. The number of amides is 1. The van der Waals surface area contributed by atoms with Crippen LogP contribution in [-0.2, 0) is 22.3 Å². The minimum atomic E-state index is -2.82. The quantitative estimate of drug-likeness (QED) is 0.110. The van der Waals surface area contributed by atoms with Gasteiger partial charge in [0.2, 0.25) is 0 Å². The number of carbonyl (C=O) groups is 3. The van der Waals surface area contributed by atoms with Crippen LogP contribution in [0.2, 0.25) is 0 Å². The fourth-order valence-electron chi connectivity index (χ4n) is 5.05. The molecule has 5 N–H and O–H groups in total. The van der Waals surface area contributed by atoms with E-state index in [9.17, 15) is 33.4 Å². The monoisotopic (exact) mass is 737 g/mol. The van der Waals surface area contributed by atoms with Crippen molar-refractivity contribution in [1.29, 1.82) is 0 Å². The Balaban J connectivity index is 0.000000258. The van der Waals surface area contributed by atoms with Crippen LogP contribution in [0.4, 0.5) is 20.2 Å². The zero-order chi connectivity index (χ0) is 39.1. The second-order valence-corrected chi connectivity index (χ2v) is 13.5. The van der Waals surface area contributed by atoms with Crippen molar-refractivity contribution in [2.24, 2.45) is 0 Å². The maximum atomic E-state index is 12.9. The molecule has 284 valence electrons. The van der Waals surface area contributed by atoms with E-state index in [0.717, 1.165) is 17.3 Å². The van der Waals surface area contributed by atoms with Gasteiger partial charge in [0.25, 0.3) is 12.3 Å². The summed E-state index contributed by atoms with van der Waals surface area (Å²) in [7, 11) is 0. The van der Waals surface area contributed by atoms with Gasteiger partial charge in [-0.2, -0.15) is 10.2 Å². The first-order valence-electron chi connectivity index (χ1n) is 17.0. The molecule has 0 spiro atoms. The molecule has 16 heteroatoms. The number of nitrogens with one attached hydrogen (secondary N) is 1. The number of ether oxygens (including phenoxy) is 2. The standard InChI is InChI=1S/C22H24F2N4O4.C15H21N3O3/c1-4-32-21(30)15-12-28-14(10-13(27-28)8-9-22(2,3)31)11-18(15)26-20(29)17-7-5-6-16(25-17)19(23)24;1-4-21-14(19)12-9-18-11(8-13(12)16)7-10(17-18)5-6-15(2,3)20/h5-7,10-12,19,31H,4,8-9H2,1-3H3,(H,26,29);7-9,20H,4-6,16H2,1-3H3. The molecule has 0 saturated carbocycles. The summed E-state index contributed by atoms with van der Waals surface area (Å²) >= 11 is 0. The van der Waals surface area contributed by atoms with Crippen LogP contribution in [0.1, 0.15) is 109 Å². The number of aromatic nitrogens is 5. The molecule has 53 heavy (non-hydrogen) atoms. The van der Waals surface area contributed by atoms with Crippen molar-refractivity contribution in [3.8, 4) is 0 Å². The van der Waals surface area contributed by atoms with Crippen molar-refractivity contribution >= 4 is 40.3 Å². The number of nitrogen functional groups attached to an aromatic ring is 1. The van der Waals surface area contributed by atoms with Gasteiger partial charge >= 0.3 is 11.9 Å². The normalized spacial score (nSPS) is 11.8. The van der Waals surface area contributed by atoms with Gasteiger partial charge in [0.1, 0.15) is 22.5 Å². The highest BCUT2D eigenvalue weighted by Crippen LogP contribution is 2.24. The fraction of sp³-hybridized carbons (Fsp3) is 0.405. The number of alkyl halides is 2. The van der Waals surface area contributed by atoms with Gasteiger partial charge in [-0.05, 0) is 104 Å². The third-order valence-corrected chi connectivity index (χ3v) is 7.78. The van der Waals surface area contributed by atoms with Gasteiger partial charge in [0, 0.05) is 18.1 Å². The Morgan fingerprint density at radius 1 is 0.830 bits per heavy atom. The average molecular weight is 738 g/mol. The number of nitrogens with two attached hydrogens (primary N) is 1. The van der Waals surface area contributed by atoms with E-state index in [0.29, 0.717) is 54.8 Å². The van der Waals surface area contributed by atoms with Crippen molar-refractivity contribution in [2.45, 2.75) is 84.9 Å². The lowest BCUT2D eigenvalue weighted by atomic mass is 10.0. The van der Waals surface area contributed by atoms with E-state index in [1.807, 2.05) is 6.07 Å². The number of fused-ring (bicyclic) bond motifs is 2. The zero-order valence-corrected chi connectivity index (χ0v) is 30.5. The zero-order valence-electron chi connectivity index (χ0n) is 30.5.